The number of esters is 1. The summed E-state index contributed by atoms with van der Waals surface area (Å²) < 4.78 is 9.43. The van der Waals surface area contributed by atoms with Crippen molar-refractivity contribution in [2.24, 2.45) is 0 Å². The van der Waals surface area contributed by atoms with Crippen LogP contribution in [0.15, 0.2) is 12.7 Å². The van der Waals surface area contributed by atoms with Gasteiger partial charge in [-0.3, -0.25) is 9.59 Å². The Balaban J connectivity index is 4.19. The standard InChI is InChI=1S/C10H17NO4/c1-4-6-11(9(12)8-14-3)7-10(13)15-5-2/h4H,1,5-8H2,2-3H3. The van der Waals surface area contributed by atoms with Gasteiger partial charge in [-0.25, -0.2) is 0 Å². The summed E-state index contributed by atoms with van der Waals surface area (Å²) in [6.07, 6.45) is 1.55. The molecule has 0 aliphatic heterocycles. The summed E-state index contributed by atoms with van der Waals surface area (Å²) in [7, 11) is 1.42. The van der Waals surface area contributed by atoms with Crippen LogP contribution in [-0.4, -0.2) is 50.2 Å². The van der Waals surface area contributed by atoms with E-state index in [4.69, 9.17) is 9.47 Å². The highest BCUT2D eigenvalue weighted by atomic mass is 16.5. The van der Waals surface area contributed by atoms with Crippen molar-refractivity contribution < 1.29 is 19.1 Å². The number of nitrogens with zero attached hydrogens (tertiary/aromatic N) is 1. The van der Waals surface area contributed by atoms with E-state index in [1.165, 1.54) is 12.0 Å². The fraction of sp³-hybridized carbons (Fsp3) is 0.600. The van der Waals surface area contributed by atoms with Gasteiger partial charge in [-0.05, 0) is 6.92 Å². The SMILES string of the molecule is C=CCN(CC(=O)OCC)C(=O)COC. The molecule has 0 saturated carbocycles. The van der Waals surface area contributed by atoms with Gasteiger partial charge in [0.2, 0.25) is 5.91 Å². The number of rotatable bonds is 7. The van der Waals surface area contributed by atoms with E-state index < -0.39 is 5.97 Å². The highest BCUT2D eigenvalue weighted by molar-refractivity contribution is 5.83. The number of hydrogen-bond donors (Lipinski definition) is 0. The molecule has 5 heteroatoms. The predicted octanol–water partition coefficient (Wildman–Crippen LogP) is 0.210. The second-order valence-corrected chi connectivity index (χ2v) is 2.80. The van der Waals surface area contributed by atoms with Crippen LogP contribution in [0.5, 0.6) is 0 Å². The molecule has 0 aromatic heterocycles. The van der Waals surface area contributed by atoms with Crippen LogP contribution in [0.4, 0.5) is 0 Å². The van der Waals surface area contributed by atoms with E-state index in [2.05, 4.69) is 6.58 Å². The molecule has 1 amide bonds. The lowest BCUT2D eigenvalue weighted by Gasteiger charge is -2.19. The Morgan fingerprint density at radius 2 is 2.13 bits per heavy atom. The third kappa shape index (κ3) is 5.85. The van der Waals surface area contributed by atoms with Crippen molar-refractivity contribution in [3.05, 3.63) is 12.7 Å². The normalized spacial score (nSPS) is 9.47. The van der Waals surface area contributed by atoms with Crippen molar-refractivity contribution in [1.82, 2.24) is 4.90 Å². The zero-order chi connectivity index (χ0) is 11.7. The highest BCUT2D eigenvalue weighted by Crippen LogP contribution is 1.93. The molecule has 0 atom stereocenters. The van der Waals surface area contributed by atoms with Crippen molar-refractivity contribution in [2.45, 2.75) is 6.92 Å². The van der Waals surface area contributed by atoms with Gasteiger partial charge in [-0.15, -0.1) is 6.58 Å². The summed E-state index contributed by atoms with van der Waals surface area (Å²) in [4.78, 5) is 23.9. The van der Waals surface area contributed by atoms with E-state index >= 15 is 0 Å². The van der Waals surface area contributed by atoms with Crippen molar-refractivity contribution in [3.8, 4) is 0 Å². The molecule has 0 aliphatic rings. The van der Waals surface area contributed by atoms with E-state index in [-0.39, 0.29) is 19.1 Å². The lowest BCUT2D eigenvalue weighted by Crippen LogP contribution is -2.38. The zero-order valence-electron chi connectivity index (χ0n) is 9.19. The number of ether oxygens (including phenoxy) is 2. The van der Waals surface area contributed by atoms with Crippen LogP contribution in [0, 0.1) is 0 Å². The third-order valence-corrected chi connectivity index (χ3v) is 1.60. The quantitative estimate of drug-likeness (QED) is 0.450. The molecule has 15 heavy (non-hydrogen) atoms. The van der Waals surface area contributed by atoms with Crippen LogP contribution in [0.2, 0.25) is 0 Å². The molecule has 0 aromatic carbocycles. The Bertz CT molecular complexity index is 227. The number of amides is 1. The molecule has 0 N–H and O–H groups in total. The second-order valence-electron chi connectivity index (χ2n) is 2.80. The Morgan fingerprint density at radius 1 is 1.47 bits per heavy atom. The first-order valence-electron chi connectivity index (χ1n) is 4.68. The lowest BCUT2D eigenvalue weighted by molar-refractivity contribution is -0.149. The molecule has 0 unspecified atom stereocenters. The number of carbonyl (C=O) groups is 2. The molecule has 0 aliphatic carbocycles. The van der Waals surface area contributed by atoms with Crippen molar-refractivity contribution in [1.29, 1.82) is 0 Å². The topological polar surface area (TPSA) is 55.8 Å². The molecular weight excluding hydrogens is 198 g/mol. The maximum Gasteiger partial charge on any atom is 0.325 e. The van der Waals surface area contributed by atoms with Gasteiger partial charge in [0.15, 0.2) is 0 Å². The first-order chi connectivity index (χ1) is 7.15. The average molecular weight is 215 g/mol. The summed E-state index contributed by atoms with van der Waals surface area (Å²) in [6, 6.07) is 0. The minimum atomic E-state index is -0.427. The van der Waals surface area contributed by atoms with Gasteiger partial charge >= 0.3 is 5.97 Å². The van der Waals surface area contributed by atoms with Crippen LogP contribution in [-0.2, 0) is 19.1 Å². The van der Waals surface area contributed by atoms with Crippen LogP contribution in [0.3, 0.4) is 0 Å². The Kier molecular flexibility index (Phi) is 7.27. The summed E-state index contributed by atoms with van der Waals surface area (Å²) in [5.74, 6) is -0.686. The molecule has 0 bridgehead atoms. The molecule has 0 rings (SSSR count). The zero-order valence-corrected chi connectivity index (χ0v) is 9.19. The van der Waals surface area contributed by atoms with E-state index in [0.717, 1.165) is 0 Å². The summed E-state index contributed by atoms with van der Waals surface area (Å²) in [5, 5.41) is 0. The number of hydrogen-bond acceptors (Lipinski definition) is 4. The van der Waals surface area contributed by atoms with Gasteiger partial charge in [-0.1, -0.05) is 6.08 Å². The molecule has 0 aromatic rings. The molecule has 0 heterocycles. The molecule has 0 radical (unpaired) electrons. The summed E-state index contributed by atoms with van der Waals surface area (Å²) in [6.45, 7) is 5.72. The number of carbonyl (C=O) groups excluding carboxylic acids is 2. The van der Waals surface area contributed by atoms with Gasteiger partial charge in [-0.2, -0.15) is 0 Å². The van der Waals surface area contributed by atoms with Crippen molar-refractivity contribution in [2.75, 3.05) is 33.4 Å². The highest BCUT2D eigenvalue weighted by Gasteiger charge is 2.15. The monoisotopic (exact) mass is 215 g/mol. The summed E-state index contributed by atoms with van der Waals surface area (Å²) >= 11 is 0. The van der Waals surface area contributed by atoms with Gasteiger partial charge in [0.25, 0.3) is 0 Å². The molecule has 86 valence electrons. The van der Waals surface area contributed by atoms with Crippen molar-refractivity contribution in [3.63, 3.8) is 0 Å². The van der Waals surface area contributed by atoms with E-state index in [1.54, 1.807) is 13.0 Å². The van der Waals surface area contributed by atoms with Crippen LogP contribution >= 0.6 is 0 Å². The fourth-order valence-electron chi connectivity index (χ4n) is 0.988. The average Bonchev–Trinajstić information content (AvgIpc) is 2.18. The maximum absolute atomic E-state index is 11.4. The van der Waals surface area contributed by atoms with E-state index in [9.17, 15) is 9.59 Å². The third-order valence-electron chi connectivity index (χ3n) is 1.60. The molecule has 5 nitrogen and oxygen atoms in total. The largest absolute Gasteiger partial charge is 0.465 e. The lowest BCUT2D eigenvalue weighted by atomic mass is 10.4. The fourth-order valence-corrected chi connectivity index (χ4v) is 0.988. The van der Waals surface area contributed by atoms with Crippen LogP contribution < -0.4 is 0 Å². The minimum Gasteiger partial charge on any atom is -0.465 e. The second kappa shape index (κ2) is 7.99. The molecular formula is C10H17NO4. The Labute approximate surface area is 89.6 Å². The Hall–Kier alpha value is -1.36. The van der Waals surface area contributed by atoms with Gasteiger partial charge < -0.3 is 14.4 Å². The first kappa shape index (κ1) is 13.6. The molecule has 0 spiro atoms. The Morgan fingerprint density at radius 3 is 2.60 bits per heavy atom. The summed E-state index contributed by atoms with van der Waals surface area (Å²) in [5.41, 5.74) is 0. The van der Waals surface area contributed by atoms with Crippen molar-refractivity contribution >= 4 is 11.9 Å². The smallest absolute Gasteiger partial charge is 0.325 e. The predicted molar refractivity (Wildman–Crippen MR) is 55.3 cm³/mol. The molecule has 0 fully saturated rings. The van der Waals surface area contributed by atoms with Crippen LogP contribution in [0.25, 0.3) is 0 Å². The van der Waals surface area contributed by atoms with E-state index in [0.29, 0.717) is 13.2 Å². The van der Waals surface area contributed by atoms with Gasteiger partial charge in [0.1, 0.15) is 13.2 Å². The van der Waals surface area contributed by atoms with Gasteiger partial charge in [0.05, 0.1) is 6.61 Å². The molecule has 0 saturated heterocycles. The van der Waals surface area contributed by atoms with Crippen LogP contribution in [0.1, 0.15) is 6.92 Å². The van der Waals surface area contributed by atoms with E-state index in [1.807, 2.05) is 0 Å². The first-order valence-corrected chi connectivity index (χ1v) is 4.68. The van der Waals surface area contributed by atoms with Gasteiger partial charge in [0, 0.05) is 13.7 Å². The maximum atomic E-state index is 11.4. The minimum absolute atomic E-state index is 0.0484. The number of methoxy groups -OCH3 is 1.